The summed E-state index contributed by atoms with van der Waals surface area (Å²) in [4.78, 5) is 16.3. The number of hydrogen-bond acceptors (Lipinski definition) is 3. The lowest BCUT2D eigenvalue weighted by atomic mass is 9.97. The summed E-state index contributed by atoms with van der Waals surface area (Å²) in [5.74, 6) is 0.673. The van der Waals surface area contributed by atoms with Gasteiger partial charge < -0.3 is 15.5 Å². The Bertz CT molecular complexity index is 253. The van der Waals surface area contributed by atoms with E-state index < -0.39 is 6.04 Å². The molecule has 0 aromatic carbocycles. The van der Waals surface area contributed by atoms with Gasteiger partial charge in [-0.3, -0.25) is 4.79 Å². The molecule has 1 heterocycles. The number of carbonyl (C=O) groups is 1. The molecule has 0 unspecified atom stereocenters. The Kier molecular flexibility index (Phi) is 5.40. The molecule has 2 atom stereocenters. The van der Waals surface area contributed by atoms with E-state index in [2.05, 4.69) is 25.8 Å². The average molecular weight is 241 g/mol. The maximum atomic E-state index is 12.0. The second-order valence-corrected chi connectivity index (χ2v) is 5.64. The van der Waals surface area contributed by atoms with Gasteiger partial charge in [-0.05, 0) is 53.1 Å². The third-order valence-electron chi connectivity index (χ3n) is 3.47. The molecule has 0 aromatic heterocycles. The van der Waals surface area contributed by atoms with E-state index in [9.17, 15) is 4.79 Å². The monoisotopic (exact) mass is 241 g/mol. The molecule has 0 saturated carbocycles. The zero-order valence-electron chi connectivity index (χ0n) is 11.6. The highest BCUT2D eigenvalue weighted by molar-refractivity contribution is 5.81. The van der Waals surface area contributed by atoms with E-state index in [-0.39, 0.29) is 11.9 Å². The second-order valence-electron chi connectivity index (χ2n) is 5.64. The minimum atomic E-state index is -0.390. The molecule has 0 aromatic rings. The molecule has 1 amide bonds. The fraction of sp³-hybridized carbons (Fsp3) is 0.923. The third-order valence-corrected chi connectivity index (χ3v) is 3.47. The van der Waals surface area contributed by atoms with Gasteiger partial charge in [-0.1, -0.05) is 0 Å². The summed E-state index contributed by atoms with van der Waals surface area (Å²) < 4.78 is 0. The van der Waals surface area contributed by atoms with Crippen LogP contribution < -0.4 is 5.73 Å². The standard InChI is InChI=1S/C13H27N3O/c1-10(2)16(13(17)11(3)14)9-12-6-5-7-15(4)8-12/h10-12H,5-9,14H2,1-4H3/t11-,12+/m0/s1. The van der Waals surface area contributed by atoms with Crippen molar-refractivity contribution in [3.8, 4) is 0 Å². The van der Waals surface area contributed by atoms with Crippen molar-refractivity contribution in [1.82, 2.24) is 9.80 Å². The molecule has 4 nitrogen and oxygen atoms in total. The molecule has 1 fully saturated rings. The molecular formula is C13H27N3O. The van der Waals surface area contributed by atoms with Gasteiger partial charge in [0.15, 0.2) is 0 Å². The first kappa shape index (κ1) is 14.5. The highest BCUT2D eigenvalue weighted by Crippen LogP contribution is 2.17. The van der Waals surface area contributed by atoms with E-state index in [4.69, 9.17) is 5.73 Å². The van der Waals surface area contributed by atoms with Crippen molar-refractivity contribution in [3.63, 3.8) is 0 Å². The van der Waals surface area contributed by atoms with Crippen LogP contribution in [0.4, 0.5) is 0 Å². The molecule has 17 heavy (non-hydrogen) atoms. The summed E-state index contributed by atoms with van der Waals surface area (Å²) in [6.07, 6.45) is 2.46. The van der Waals surface area contributed by atoms with Crippen molar-refractivity contribution in [2.45, 2.75) is 45.7 Å². The van der Waals surface area contributed by atoms with Crippen LogP contribution in [0.2, 0.25) is 0 Å². The third kappa shape index (κ3) is 4.28. The first-order valence-electron chi connectivity index (χ1n) is 6.66. The Morgan fingerprint density at radius 2 is 2.12 bits per heavy atom. The average Bonchev–Trinajstić information content (AvgIpc) is 2.24. The lowest BCUT2D eigenvalue weighted by molar-refractivity contribution is -0.134. The van der Waals surface area contributed by atoms with Gasteiger partial charge in [-0.2, -0.15) is 0 Å². The summed E-state index contributed by atoms with van der Waals surface area (Å²) >= 11 is 0. The van der Waals surface area contributed by atoms with Crippen LogP contribution in [-0.2, 0) is 4.79 Å². The number of likely N-dealkylation sites (tertiary alicyclic amines) is 1. The SMILES string of the molecule is CC(C)N(C[C@@H]1CCCN(C)C1)C(=O)[C@H](C)N. The van der Waals surface area contributed by atoms with Gasteiger partial charge in [-0.25, -0.2) is 0 Å². The van der Waals surface area contributed by atoms with Crippen molar-refractivity contribution in [2.24, 2.45) is 11.7 Å². The molecule has 1 saturated heterocycles. The maximum absolute atomic E-state index is 12.0. The van der Waals surface area contributed by atoms with E-state index in [0.717, 1.165) is 13.1 Å². The van der Waals surface area contributed by atoms with E-state index in [1.807, 2.05) is 4.90 Å². The Balaban J connectivity index is 2.57. The smallest absolute Gasteiger partial charge is 0.239 e. The minimum absolute atomic E-state index is 0.0771. The summed E-state index contributed by atoms with van der Waals surface area (Å²) in [5.41, 5.74) is 5.71. The van der Waals surface area contributed by atoms with E-state index >= 15 is 0 Å². The number of nitrogens with zero attached hydrogens (tertiary/aromatic N) is 2. The molecule has 2 N–H and O–H groups in total. The van der Waals surface area contributed by atoms with E-state index in [0.29, 0.717) is 5.92 Å². The molecule has 0 bridgehead atoms. The van der Waals surface area contributed by atoms with Gasteiger partial charge in [0.1, 0.15) is 0 Å². The topological polar surface area (TPSA) is 49.6 Å². The molecule has 1 aliphatic rings. The van der Waals surface area contributed by atoms with Crippen molar-refractivity contribution in [3.05, 3.63) is 0 Å². The summed E-state index contributed by atoms with van der Waals surface area (Å²) in [5, 5.41) is 0. The van der Waals surface area contributed by atoms with Crippen molar-refractivity contribution < 1.29 is 4.79 Å². The van der Waals surface area contributed by atoms with Crippen LogP contribution in [0, 0.1) is 5.92 Å². The Morgan fingerprint density at radius 1 is 1.47 bits per heavy atom. The van der Waals surface area contributed by atoms with Crippen molar-refractivity contribution in [2.75, 3.05) is 26.7 Å². The predicted octanol–water partition coefficient (Wildman–Crippen LogP) is 0.912. The van der Waals surface area contributed by atoms with Gasteiger partial charge in [0.05, 0.1) is 6.04 Å². The van der Waals surface area contributed by atoms with Crippen LogP contribution in [0.15, 0.2) is 0 Å². The van der Waals surface area contributed by atoms with E-state index in [1.165, 1.54) is 19.4 Å². The normalized spacial score (nSPS) is 23.8. The van der Waals surface area contributed by atoms with Crippen molar-refractivity contribution >= 4 is 5.91 Å². The number of amides is 1. The van der Waals surface area contributed by atoms with Crippen LogP contribution in [0.25, 0.3) is 0 Å². The molecule has 0 radical (unpaired) electrons. The summed E-state index contributed by atoms with van der Waals surface area (Å²) in [6, 6.07) is -0.153. The Hall–Kier alpha value is -0.610. The second kappa shape index (κ2) is 6.36. The van der Waals surface area contributed by atoms with Gasteiger partial charge >= 0.3 is 0 Å². The zero-order valence-corrected chi connectivity index (χ0v) is 11.6. The van der Waals surface area contributed by atoms with Crippen LogP contribution in [0.5, 0.6) is 0 Å². The van der Waals surface area contributed by atoms with Gasteiger partial charge in [0.2, 0.25) is 5.91 Å². The molecule has 1 aliphatic heterocycles. The molecule has 1 rings (SSSR count). The molecule has 0 spiro atoms. The van der Waals surface area contributed by atoms with Crippen LogP contribution in [-0.4, -0.2) is 54.5 Å². The lowest BCUT2D eigenvalue weighted by Crippen LogP contribution is -2.49. The van der Waals surface area contributed by atoms with Gasteiger partial charge in [0, 0.05) is 19.1 Å². The number of piperidine rings is 1. The molecule has 0 aliphatic carbocycles. The molecule has 100 valence electrons. The number of nitrogens with two attached hydrogens (primary N) is 1. The fourth-order valence-electron chi connectivity index (χ4n) is 2.52. The summed E-state index contributed by atoms with van der Waals surface area (Å²) in [7, 11) is 2.15. The first-order valence-corrected chi connectivity index (χ1v) is 6.66. The van der Waals surface area contributed by atoms with Gasteiger partial charge in [0.25, 0.3) is 0 Å². The zero-order chi connectivity index (χ0) is 13.0. The minimum Gasteiger partial charge on any atom is -0.339 e. The maximum Gasteiger partial charge on any atom is 0.239 e. The summed E-state index contributed by atoms with van der Waals surface area (Å²) in [6.45, 7) is 9.02. The van der Waals surface area contributed by atoms with Crippen LogP contribution in [0.3, 0.4) is 0 Å². The Morgan fingerprint density at radius 3 is 2.59 bits per heavy atom. The van der Waals surface area contributed by atoms with Crippen molar-refractivity contribution in [1.29, 1.82) is 0 Å². The molecule has 4 heteroatoms. The quantitative estimate of drug-likeness (QED) is 0.796. The highest BCUT2D eigenvalue weighted by Gasteiger charge is 2.25. The fourth-order valence-corrected chi connectivity index (χ4v) is 2.52. The van der Waals surface area contributed by atoms with Crippen LogP contribution in [0.1, 0.15) is 33.6 Å². The van der Waals surface area contributed by atoms with E-state index in [1.54, 1.807) is 6.92 Å². The lowest BCUT2D eigenvalue weighted by Gasteiger charge is -2.36. The Labute approximate surface area is 105 Å². The van der Waals surface area contributed by atoms with Crippen LogP contribution >= 0.6 is 0 Å². The number of carbonyl (C=O) groups excluding carboxylic acids is 1. The largest absolute Gasteiger partial charge is 0.339 e. The first-order chi connectivity index (χ1) is 7.91. The number of rotatable bonds is 4. The number of hydrogen-bond donors (Lipinski definition) is 1. The highest BCUT2D eigenvalue weighted by atomic mass is 16.2. The van der Waals surface area contributed by atoms with Gasteiger partial charge in [-0.15, -0.1) is 0 Å². The molecular weight excluding hydrogens is 214 g/mol. The predicted molar refractivity (Wildman–Crippen MR) is 70.7 cm³/mol.